The fourth-order valence-corrected chi connectivity index (χ4v) is 0.998. The number of unbranched alkanes of at least 4 members (excludes halogenated alkanes) is 3. The van der Waals surface area contributed by atoms with Crippen LogP contribution in [0.1, 0.15) is 32.6 Å². The highest BCUT2D eigenvalue weighted by Gasteiger charge is 1.95. The van der Waals surface area contributed by atoms with Crippen molar-refractivity contribution in [1.82, 2.24) is 4.90 Å². The molecule has 0 saturated heterocycles. The van der Waals surface area contributed by atoms with Crippen LogP contribution < -0.4 is 0 Å². The molecule has 0 aliphatic carbocycles. The summed E-state index contributed by atoms with van der Waals surface area (Å²) < 4.78 is 0. The van der Waals surface area contributed by atoms with Gasteiger partial charge in [-0.25, -0.2) is 0 Å². The topological polar surface area (TPSA) is 20.3 Å². The van der Waals surface area contributed by atoms with Gasteiger partial charge in [0.15, 0.2) is 0 Å². The minimum atomic E-state index is 0.451. The van der Waals surface area contributed by atoms with Crippen molar-refractivity contribution < 1.29 is 4.79 Å². The van der Waals surface area contributed by atoms with Gasteiger partial charge in [-0.2, -0.15) is 0 Å². The van der Waals surface area contributed by atoms with Gasteiger partial charge in [-0.1, -0.05) is 26.2 Å². The molecule has 0 aromatic carbocycles. The Morgan fingerprint density at radius 2 is 2.00 bits per heavy atom. The first-order valence-electron chi connectivity index (χ1n) is 4.34. The maximum absolute atomic E-state index is 9.94. The Bertz CT molecular complexity index is 93.6. The predicted molar refractivity (Wildman–Crippen MR) is 47.3 cm³/mol. The van der Waals surface area contributed by atoms with Gasteiger partial charge in [0.2, 0.25) is 6.29 Å². The summed E-state index contributed by atoms with van der Waals surface area (Å²) >= 11 is 0. The van der Waals surface area contributed by atoms with E-state index in [2.05, 4.69) is 6.92 Å². The first kappa shape index (κ1) is 10.6. The lowest BCUT2D eigenvalue weighted by Crippen LogP contribution is -2.21. The molecule has 1 radical (unpaired) electrons. The summed E-state index contributed by atoms with van der Waals surface area (Å²) in [6.07, 6.45) is 6.93. The Balaban J connectivity index is 3.03. The van der Waals surface area contributed by atoms with Gasteiger partial charge >= 0.3 is 0 Å². The van der Waals surface area contributed by atoms with Crippen LogP contribution in [-0.4, -0.2) is 31.3 Å². The molecule has 0 heterocycles. The van der Waals surface area contributed by atoms with E-state index in [9.17, 15) is 4.79 Å². The first-order valence-corrected chi connectivity index (χ1v) is 4.34. The lowest BCUT2D eigenvalue weighted by Gasteiger charge is -2.11. The van der Waals surface area contributed by atoms with Gasteiger partial charge in [-0.15, -0.1) is 0 Å². The Hall–Kier alpha value is -0.370. The zero-order valence-electron chi connectivity index (χ0n) is 7.60. The number of likely N-dealkylation sites (N-methyl/N-ethyl adjacent to an activating group) is 1. The van der Waals surface area contributed by atoms with Crippen LogP contribution in [0.4, 0.5) is 0 Å². The zero-order chi connectivity index (χ0) is 8.53. The molecule has 11 heavy (non-hydrogen) atoms. The van der Waals surface area contributed by atoms with Gasteiger partial charge < -0.3 is 0 Å². The van der Waals surface area contributed by atoms with Crippen LogP contribution in [0.15, 0.2) is 0 Å². The summed E-state index contributed by atoms with van der Waals surface area (Å²) in [6, 6.07) is 0. The minimum Gasteiger partial charge on any atom is -0.299 e. The maximum Gasteiger partial charge on any atom is 0.213 e. The largest absolute Gasteiger partial charge is 0.299 e. The number of nitrogens with zero attached hydrogens (tertiary/aromatic N) is 1. The number of hydrogen-bond acceptors (Lipinski definition) is 2. The molecule has 0 atom stereocenters. The summed E-state index contributed by atoms with van der Waals surface area (Å²) in [5.41, 5.74) is 0. The molecule has 0 rings (SSSR count). The average Bonchev–Trinajstić information content (AvgIpc) is 1.99. The molecule has 0 unspecified atom stereocenters. The molecular weight excluding hydrogens is 138 g/mol. The molecule has 0 bridgehead atoms. The SMILES string of the molecule is CCCCCCN(C)C[C]=O. The first-order chi connectivity index (χ1) is 5.31. The molecule has 2 nitrogen and oxygen atoms in total. The van der Waals surface area contributed by atoms with Crippen molar-refractivity contribution in [3.8, 4) is 0 Å². The number of carbonyl (C=O) groups excluding carboxylic acids is 1. The highest BCUT2D eigenvalue weighted by Crippen LogP contribution is 1.99. The maximum atomic E-state index is 9.94. The molecule has 0 aliphatic heterocycles. The van der Waals surface area contributed by atoms with Gasteiger partial charge in [0, 0.05) is 0 Å². The predicted octanol–water partition coefficient (Wildman–Crippen LogP) is 1.61. The molecule has 0 aliphatic rings. The van der Waals surface area contributed by atoms with Crippen LogP contribution in [0.5, 0.6) is 0 Å². The highest BCUT2D eigenvalue weighted by atomic mass is 16.1. The van der Waals surface area contributed by atoms with Crippen LogP contribution >= 0.6 is 0 Å². The van der Waals surface area contributed by atoms with E-state index >= 15 is 0 Å². The summed E-state index contributed by atoms with van der Waals surface area (Å²) in [4.78, 5) is 11.9. The standard InChI is InChI=1S/C9H18NO/c1-3-4-5-6-7-10(2)8-9-11/h3-8H2,1-2H3. The minimum absolute atomic E-state index is 0.451. The fraction of sp³-hybridized carbons (Fsp3) is 0.889. The van der Waals surface area contributed by atoms with Gasteiger partial charge in [-0.3, -0.25) is 9.69 Å². The van der Waals surface area contributed by atoms with Crippen molar-refractivity contribution in [2.75, 3.05) is 20.1 Å². The Morgan fingerprint density at radius 1 is 1.27 bits per heavy atom. The van der Waals surface area contributed by atoms with Crippen LogP contribution in [0, 0.1) is 0 Å². The third-order valence-electron chi connectivity index (χ3n) is 1.73. The molecule has 2 heteroatoms. The zero-order valence-corrected chi connectivity index (χ0v) is 7.60. The van der Waals surface area contributed by atoms with Crippen molar-refractivity contribution in [2.24, 2.45) is 0 Å². The van der Waals surface area contributed by atoms with Gasteiger partial charge in [-0.05, 0) is 20.0 Å². The number of hydrogen-bond donors (Lipinski definition) is 0. The fourth-order valence-electron chi connectivity index (χ4n) is 0.998. The molecule has 0 fully saturated rings. The van der Waals surface area contributed by atoms with E-state index in [0.29, 0.717) is 6.54 Å². The van der Waals surface area contributed by atoms with Crippen molar-refractivity contribution in [2.45, 2.75) is 32.6 Å². The summed E-state index contributed by atoms with van der Waals surface area (Å²) in [6.45, 7) is 3.67. The van der Waals surface area contributed by atoms with Crippen molar-refractivity contribution in [1.29, 1.82) is 0 Å². The molecule has 0 aromatic rings. The van der Waals surface area contributed by atoms with Crippen molar-refractivity contribution in [3.05, 3.63) is 0 Å². The second-order valence-corrected chi connectivity index (χ2v) is 2.94. The Kier molecular flexibility index (Phi) is 7.47. The van der Waals surface area contributed by atoms with Crippen molar-refractivity contribution in [3.63, 3.8) is 0 Å². The van der Waals surface area contributed by atoms with Crippen LogP contribution in [0.25, 0.3) is 0 Å². The normalized spacial score (nSPS) is 10.5. The third kappa shape index (κ3) is 7.53. The molecular formula is C9H18NO. The molecule has 0 amide bonds. The molecule has 65 valence electrons. The van der Waals surface area contributed by atoms with Gasteiger partial charge in [0.05, 0.1) is 6.54 Å². The van der Waals surface area contributed by atoms with Crippen molar-refractivity contribution >= 4 is 6.29 Å². The average molecular weight is 156 g/mol. The van der Waals surface area contributed by atoms with E-state index in [0.717, 1.165) is 6.54 Å². The molecule has 0 aromatic heterocycles. The number of rotatable bonds is 7. The second kappa shape index (κ2) is 7.73. The second-order valence-electron chi connectivity index (χ2n) is 2.94. The van der Waals surface area contributed by atoms with E-state index in [4.69, 9.17) is 0 Å². The Labute approximate surface area is 69.6 Å². The third-order valence-corrected chi connectivity index (χ3v) is 1.73. The van der Waals surface area contributed by atoms with E-state index in [1.807, 2.05) is 18.2 Å². The highest BCUT2D eigenvalue weighted by molar-refractivity contribution is 5.52. The quantitative estimate of drug-likeness (QED) is 0.522. The van der Waals surface area contributed by atoms with E-state index < -0.39 is 0 Å². The van der Waals surface area contributed by atoms with Crippen LogP contribution in [-0.2, 0) is 4.79 Å². The summed E-state index contributed by atoms with van der Waals surface area (Å²) in [7, 11) is 1.96. The van der Waals surface area contributed by atoms with Crippen LogP contribution in [0.3, 0.4) is 0 Å². The summed E-state index contributed by atoms with van der Waals surface area (Å²) in [5, 5.41) is 0. The monoisotopic (exact) mass is 156 g/mol. The smallest absolute Gasteiger partial charge is 0.213 e. The van der Waals surface area contributed by atoms with E-state index in [-0.39, 0.29) is 0 Å². The molecule has 0 N–H and O–H groups in total. The van der Waals surface area contributed by atoms with Gasteiger partial charge in [0.1, 0.15) is 0 Å². The lowest BCUT2D eigenvalue weighted by molar-refractivity contribution is 0.359. The Morgan fingerprint density at radius 3 is 2.55 bits per heavy atom. The van der Waals surface area contributed by atoms with E-state index in [1.54, 1.807) is 0 Å². The van der Waals surface area contributed by atoms with Crippen LogP contribution in [0.2, 0.25) is 0 Å². The lowest BCUT2D eigenvalue weighted by atomic mass is 10.2. The molecule has 0 saturated carbocycles. The van der Waals surface area contributed by atoms with E-state index in [1.165, 1.54) is 25.7 Å². The van der Waals surface area contributed by atoms with Gasteiger partial charge in [0.25, 0.3) is 0 Å². The summed E-state index contributed by atoms with van der Waals surface area (Å²) in [5.74, 6) is 0. The molecule has 0 spiro atoms.